The molecule has 4 aromatic rings. The van der Waals surface area contributed by atoms with E-state index in [1.54, 1.807) is 11.5 Å². The molecule has 0 fully saturated rings. The van der Waals surface area contributed by atoms with E-state index in [2.05, 4.69) is 12.1 Å². The maximum Gasteiger partial charge on any atom is 0.243 e. The van der Waals surface area contributed by atoms with Gasteiger partial charge in [-0.15, -0.1) is 0 Å². The summed E-state index contributed by atoms with van der Waals surface area (Å²) in [5.41, 5.74) is 4.20. The van der Waals surface area contributed by atoms with Gasteiger partial charge in [0.2, 0.25) is 5.91 Å². The molecule has 0 N–H and O–H groups in total. The topological polar surface area (TPSA) is 56.1 Å². The maximum absolute atomic E-state index is 14.1. The zero-order valence-corrected chi connectivity index (χ0v) is 19.0. The number of carbonyl (C=O) groups excluding carboxylic acids is 1. The van der Waals surface area contributed by atoms with Crippen molar-refractivity contribution in [1.29, 1.82) is 0 Å². The van der Waals surface area contributed by atoms with E-state index < -0.39 is 15.3 Å². The fraction of sp³-hybridized carbons (Fsp3) is 0.222. The van der Waals surface area contributed by atoms with Gasteiger partial charge in [0.05, 0.1) is 22.4 Å². The van der Waals surface area contributed by atoms with Crippen molar-refractivity contribution in [2.45, 2.75) is 25.7 Å². The molecule has 4 nitrogen and oxygen atoms in total. The van der Waals surface area contributed by atoms with Crippen LogP contribution in [0.15, 0.2) is 78.9 Å². The summed E-state index contributed by atoms with van der Waals surface area (Å²) >= 11 is 0. The van der Waals surface area contributed by atoms with E-state index in [9.17, 15) is 13.2 Å². The summed E-state index contributed by atoms with van der Waals surface area (Å²) in [6, 6.07) is 25.7. The summed E-state index contributed by atoms with van der Waals surface area (Å²) in [4.78, 5) is 14.1. The number of hydrogen-bond donors (Lipinski definition) is 0. The van der Waals surface area contributed by atoms with Crippen LogP contribution in [0.2, 0.25) is 0 Å². The lowest BCUT2D eigenvalue weighted by Gasteiger charge is -2.35. The van der Waals surface area contributed by atoms with Crippen LogP contribution in [0.4, 0.5) is 0 Å². The molecule has 0 aliphatic carbocycles. The highest BCUT2D eigenvalue weighted by Crippen LogP contribution is 2.49. The summed E-state index contributed by atoms with van der Waals surface area (Å²) in [7, 11) is -3.40. The maximum atomic E-state index is 14.1. The Balaban J connectivity index is 1.87. The zero-order valence-electron chi connectivity index (χ0n) is 18.2. The molecule has 3 aromatic carbocycles. The smallest absolute Gasteiger partial charge is 0.243 e. The number of rotatable bonds is 5. The summed E-state index contributed by atoms with van der Waals surface area (Å²) in [5, 5.41) is 0.984. The molecule has 5 rings (SSSR count). The van der Waals surface area contributed by atoms with E-state index in [0.29, 0.717) is 6.42 Å². The number of para-hydroxylation sites is 1. The third-order valence-electron chi connectivity index (χ3n) is 6.41. The highest BCUT2D eigenvalue weighted by molar-refractivity contribution is 7.91. The minimum atomic E-state index is -3.40. The molecule has 0 saturated carbocycles. The molecular formula is C27H25NO3S. The Bertz CT molecular complexity index is 1450. The predicted molar refractivity (Wildman–Crippen MR) is 130 cm³/mol. The van der Waals surface area contributed by atoms with Crippen molar-refractivity contribution in [3.05, 3.63) is 84.4 Å². The summed E-state index contributed by atoms with van der Waals surface area (Å²) in [5.74, 6) is -0.313. The predicted octanol–water partition coefficient (Wildman–Crippen LogP) is 5.71. The van der Waals surface area contributed by atoms with Crippen LogP contribution in [0.3, 0.4) is 0 Å². The molecule has 32 heavy (non-hydrogen) atoms. The molecule has 1 aliphatic rings. The van der Waals surface area contributed by atoms with Gasteiger partial charge in [-0.1, -0.05) is 79.7 Å². The first kappa shape index (κ1) is 20.7. The van der Waals surface area contributed by atoms with E-state index in [0.717, 1.165) is 38.9 Å². The second kappa shape index (κ2) is 7.45. The van der Waals surface area contributed by atoms with Crippen LogP contribution in [0.1, 0.15) is 30.6 Å². The molecule has 1 unspecified atom stereocenters. The number of sulfone groups is 1. The average molecular weight is 444 g/mol. The van der Waals surface area contributed by atoms with Crippen molar-refractivity contribution < 1.29 is 13.2 Å². The monoisotopic (exact) mass is 443 g/mol. The number of carbonyl (C=O) groups is 1. The van der Waals surface area contributed by atoms with E-state index in [-0.39, 0.29) is 17.4 Å². The van der Waals surface area contributed by atoms with Crippen molar-refractivity contribution in [2.75, 3.05) is 11.5 Å². The summed E-state index contributed by atoms with van der Waals surface area (Å²) < 4.78 is 27.6. The number of fused-ring (bicyclic) bond motifs is 5. The van der Waals surface area contributed by atoms with Gasteiger partial charge in [0.25, 0.3) is 0 Å². The van der Waals surface area contributed by atoms with Gasteiger partial charge in [-0.05, 0) is 30.5 Å². The Morgan fingerprint density at radius 2 is 1.53 bits per heavy atom. The Labute approximate surface area is 188 Å². The van der Waals surface area contributed by atoms with Crippen LogP contribution in [0.25, 0.3) is 33.3 Å². The molecule has 162 valence electrons. The molecule has 1 aliphatic heterocycles. The molecule has 0 saturated heterocycles. The van der Waals surface area contributed by atoms with Gasteiger partial charge < -0.3 is 0 Å². The van der Waals surface area contributed by atoms with Crippen LogP contribution in [0.5, 0.6) is 0 Å². The molecule has 1 aromatic heterocycles. The van der Waals surface area contributed by atoms with E-state index >= 15 is 0 Å². The third-order valence-corrected chi connectivity index (χ3v) is 8.46. The Hall–Kier alpha value is -3.18. The third kappa shape index (κ3) is 3.03. The molecule has 5 heteroatoms. The highest BCUT2D eigenvalue weighted by atomic mass is 32.2. The Kier molecular flexibility index (Phi) is 4.82. The fourth-order valence-corrected chi connectivity index (χ4v) is 7.02. The lowest BCUT2D eigenvalue weighted by atomic mass is 9.76. The van der Waals surface area contributed by atoms with Crippen molar-refractivity contribution in [1.82, 2.24) is 4.57 Å². The SMILES string of the molecule is CCCS(=O)(=O)CC1(C)C(=O)n2c(c(-c3ccccc3)c3ccccc32)-c2ccccc21. The van der Waals surface area contributed by atoms with Crippen molar-refractivity contribution >= 4 is 26.6 Å². The van der Waals surface area contributed by atoms with E-state index in [1.165, 1.54) is 0 Å². The number of aromatic nitrogens is 1. The van der Waals surface area contributed by atoms with Gasteiger partial charge in [-0.3, -0.25) is 9.36 Å². The normalized spacial score (nSPS) is 17.9. The van der Waals surface area contributed by atoms with Gasteiger partial charge in [0, 0.05) is 22.3 Å². The molecule has 0 bridgehead atoms. The zero-order chi connectivity index (χ0) is 22.5. The number of hydrogen-bond acceptors (Lipinski definition) is 3. The largest absolute Gasteiger partial charge is 0.278 e. The minimum absolute atomic E-state index is 0.0760. The van der Waals surface area contributed by atoms with E-state index in [4.69, 9.17) is 0 Å². The molecule has 0 radical (unpaired) electrons. The van der Waals surface area contributed by atoms with Gasteiger partial charge in [0.15, 0.2) is 9.84 Å². The number of nitrogens with zero attached hydrogens (tertiary/aromatic N) is 1. The Morgan fingerprint density at radius 3 is 2.28 bits per heavy atom. The average Bonchev–Trinajstić information content (AvgIpc) is 3.13. The molecule has 0 spiro atoms. The molecular weight excluding hydrogens is 418 g/mol. The first-order valence-corrected chi connectivity index (χ1v) is 12.7. The molecule has 2 heterocycles. The second-order valence-electron chi connectivity index (χ2n) is 8.72. The molecule has 1 atom stereocenters. The fourth-order valence-electron chi connectivity index (χ4n) is 5.10. The number of benzene rings is 3. The van der Waals surface area contributed by atoms with Crippen molar-refractivity contribution in [3.8, 4) is 22.4 Å². The van der Waals surface area contributed by atoms with Crippen molar-refractivity contribution in [2.24, 2.45) is 0 Å². The minimum Gasteiger partial charge on any atom is -0.278 e. The van der Waals surface area contributed by atoms with Gasteiger partial charge in [0.1, 0.15) is 0 Å². The second-order valence-corrected chi connectivity index (χ2v) is 10.9. The van der Waals surface area contributed by atoms with Gasteiger partial charge in [-0.2, -0.15) is 0 Å². The van der Waals surface area contributed by atoms with Crippen LogP contribution >= 0.6 is 0 Å². The van der Waals surface area contributed by atoms with Crippen LogP contribution in [-0.2, 0) is 15.3 Å². The first-order valence-electron chi connectivity index (χ1n) is 10.9. The van der Waals surface area contributed by atoms with Gasteiger partial charge >= 0.3 is 0 Å². The quantitative estimate of drug-likeness (QED) is 0.397. The van der Waals surface area contributed by atoms with Crippen molar-refractivity contribution in [3.63, 3.8) is 0 Å². The lowest BCUT2D eigenvalue weighted by molar-refractivity contribution is 0.0826. The standard InChI is InChI=1S/C27H25NO3S/c1-3-17-32(30,31)18-27(2)22-15-9-7-13-20(22)25-24(19-11-5-4-6-12-19)21-14-8-10-16-23(21)28(25)26(27)29/h4-16H,3,17-18H2,1-2H3. The highest BCUT2D eigenvalue weighted by Gasteiger charge is 2.47. The van der Waals surface area contributed by atoms with Gasteiger partial charge in [-0.25, -0.2) is 8.42 Å². The van der Waals surface area contributed by atoms with Crippen LogP contribution in [-0.4, -0.2) is 30.4 Å². The lowest BCUT2D eigenvalue weighted by Crippen LogP contribution is -2.46. The van der Waals surface area contributed by atoms with E-state index in [1.807, 2.05) is 73.7 Å². The Morgan fingerprint density at radius 1 is 0.875 bits per heavy atom. The molecule has 0 amide bonds. The van der Waals surface area contributed by atoms with Crippen LogP contribution in [0, 0.1) is 0 Å². The first-order chi connectivity index (χ1) is 15.4. The van der Waals surface area contributed by atoms with Crippen LogP contribution < -0.4 is 0 Å². The summed E-state index contributed by atoms with van der Waals surface area (Å²) in [6.45, 7) is 3.63. The summed E-state index contributed by atoms with van der Waals surface area (Å²) in [6.07, 6.45) is 0.532.